The number of rotatable bonds is 6. The number of Topliss-reactive ketones (excluding diaryl/α,β-unsaturated/α-hetero) is 1. The number of thiophene rings is 1. The van der Waals surface area contributed by atoms with Gasteiger partial charge in [0.1, 0.15) is 5.67 Å². The van der Waals surface area contributed by atoms with Crippen LogP contribution in [0.1, 0.15) is 91.9 Å². The zero-order chi connectivity index (χ0) is 25.5. The molecular formula is C29H41FN2O2S. The first kappa shape index (κ1) is 26.3. The van der Waals surface area contributed by atoms with E-state index in [1.165, 1.54) is 9.75 Å². The molecule has 192 valence electrons. The van der Waals surface area contributed by atoms with E-state index in [1.54, 1.807) is 13.8 Å². The fourth-order valence-electron chi connectivity index (χ4n) is 6.17. The van der Waals surface area contributed by atoms with Crippen molar-refractivity contribution in [2.45, 2.75) is 85.2 Å². The van der Waals surface area contributed by atoms with Gasteiger partial charge in [0, 0.05) is 41.4 Å². The van der Waals surface area contributed by atoms with Crippen LogP contribution in [-0.2, 0) is 11.2 Å². The molecule has 35 heavy (non-hydrogen) atoms. The fraction of sp³-hybridized carbons (Fsp3) is 0.655. The molecule has 0 N–H and O–H groups in total. The minimum absolute atomic E-state index is 0.0871. The Morgan fingerprint density at radius 2 is 1.83 bits per heavy atom. The number of alkyl halides is 1. The number of piperidine rings is 1. The second-order valence-corrected chi connectivity index (χ2v) is 12.7. The maximum absolute atomic E-state index is 14.1. The van der Waals surface area contributed by atoms with Gasteiger partial charge >= 0.3 is 0 Å². The number of likely N-dealkylation sites (tertiary alicyclic amines) is 1. The van der Waals surface area contributed by atoms with E-state index < -0.39 is 5.67 Å². The number of hydrogen-bond donors (Lipinski definition) is 0. The molecule has 1 aromatic heterocycles. The first-order chi connectivity index (χ1) is 16.4. The minimum atomic E-state index is -1.15. The van der Waals surface area contributed by atoms with Crippen LogP contribution in [-0.4, -0.2) is 59.9 Å². The lowest BCUT2D eigenvalue weighted by atomic mass is 9.83. The molecule has 2 aliphatic heterocycles. The lowest BCUT2D eigenvalue weighted by Gasteiger charge is -2.36. The lowest BCUT2D eigenvalue weighted by Crippen LogP contribution is -2.41. The standard InChI is InChI=1S/C29H41FN2O2S/c1-18-14-19(2)23(24(33)15-18)16-32-11-7-8-25-26(28(32)34)21(4)27(35-25)20(3)22-9-12-31(13-10-22)17-29(5,6)30/h14,20,22H,7-13,15-17H2,1-6H3/t20-/m1/s1. The van der Waals surface area contributed by atoms with E-state index in [0.717, 1.165) is 66.6 Å². The minimum Gasteiger partial charge on any atom is -0.334 e. The van der Waals surface area contributed by atoms with Crippen LogP contribution in [0.4, 0.5) is 4.39 Å². The second-order valence-electron chi connectivity index (χ2n) is 11.6. The topological polar surface area (TPSA) is 40.6 Å². The summed E-state index contributed by atoms with van der Waals surface area (Å²) in [7, 11) is 0. The van der Waals surface area contributed by atoms with Crippen molar-refractivity contribution in [1.82, 2.24) is 9.80 Å². The Morgan fingerprint density at radius 1 is 1.14 bits per heavy atom. The molecule has 6 heteroatoms. The quantitative estimate of drug-likeness (QED) is 0.464. The highest BCUT2D eigenvalue weighted by Gasteiger charge is 2.34. The van der Waals surface area contributed by atoms with Gasteiger partial charge in [-0.25, -0.2) is 4.39 Å². The van der Waals surface area contributed by atoms with Crippen LogP contribution in [0.25, 0.3) is 0 Å². The maximum Gasteiger partial charge on any atom is 0.255 e. The molecule has 1 amide bonds. The van der Waals surface area contributed by atoms with E-state index in [9.17, 15) is 14.0 Å². The first-order valence-electron chi connectivity index (χ1n) is 13.2. The summed E-state index contributed by atoms with van der Waals surface area (Å²) in [6.07, 6.45) is 6.54. The van der Waals surface area contributed by atoms with Crippen molar-refractivity contribution < 1.29 is 14.0 Å². The van der Waals surface area contributed by atoms with Crippen molar-refractivity contribution in [3.8, 4) is 0 Å². The van der Waals surface area contributed by atoms with Crippen LogP contribution in [0, 0.1) is 12.8 Å². The summed E-state index contributed by atoms with van der Waals surface area (Å²) in [4.78, 5) is 33.2. The predicted molar refractivity (Wildman–Crippen MR) is 142 cm³/mol. The SMILES string of the molecule is CC1=CC(C)=C(CN2CCCc3sc([C@H](C)C4CCN(CC(C)(C)F)CC4)c(C)c3C2=O)C(=O)C1. The van der Waals surface area contributed by atoms with Gasteiger partial charge < -0.3 is 9.80 Å². The zero-order valence-electron chi connectivity index (χ0n) is 22.3. The first-order valence-corrected chi connectivity index (χ1v) is 14.0. The van der Waals surface area contributed by atoms with E-state index in [2.05, 4.69) is 24.8 Å². The van der Waals surface area contributed by atoms with E-state index in [0.29, 0.717) is 37.9 Å². The molecule has 1 fully saturated rings. The summed E-state index contributed by atoms with van der Waals surface area (Å²) in [6, 6.07) is 0. The Kier molecular flexibility index (Phi) is 7.73. The number of hydrogen-bond acceptors (Lipinski definition) is 4. The molecule has 0 unspecified atom stereocenters. The largest absolute Gasteiger partial charge is 0.334 e. The van der Waals surface area contributed by atoms with Crippen LogP contribution in [0.3, 0.4) is 0 Å². The van der Waals surface area contributed by atoms with E-state index in [-0.39, 0.29) is 11.7 Å². The predicted octanol–water partition coefficient (Wildman–Crippen LogP) is 6.24. The van der Waals surface area contributed by atoms with Gasteiger partial charge in [0.05, 0.1) is 5.56 Å². The average molecular weight is 501 g/mol. The van der Waals surface area contributed by atoms with E-state index >= 15 is 0 Å². The summed E-state index contributed by atoms with van der Waals surface area (Å²) in [5.41, 5.74) is 3.75. The van der Waals surface area contributed by atoms with Crippen molar-refractivity contribution in [1.29, 1.82) is 0 Å². The summed E-state index contributed by atoms with van der Waals surface area (Å²) in [6.45, 7) is 15.2. The summed E-state index contributed by atoms with van der Waals surface area (Å²) < 4.78 is 14.1. The normalized spacial score (nSPS) is 21.8. The molecule has 3 aliphatic rings. The Hall–Kier alpha value is -1.79. The van der Waals surface area contributed by atoms with Crippen LogP contribution in [0.5, 0.6) is 0 Å². The average Bonchev–Trinajstić information content (AvgIpc) is 3.00. The van der Waals surface area contributed by atoms with Crippen molar-refractivity contribution in [3.05, 3.63) is 43.7 Å². The van der Waals surface area contributed by atoms with Gasteiger partial charge in [-0.2, -0.15) is 0 Å². The molecule has 0 radical (unpaired) electrons. The third-order valence-electron chi connectivity index (χ3n) is 8.01. The molecule has 1 aliphatic carbocycles. The number of halogens is 1. The highest BCUT2D eigenvalue weighted by Crippen LogP contribution is 2.42. The molecule has 0 aromatic carbocycles. The number of allylic oxidation sites excluding steroid dienone is 3. The molecule has 1 saturated heterocycles. The molecule has 0 bridgehead atoms. The Labute approximate surface area is 214 Å². The number of ketones is 1. The number of carbonyl (C=O) groups is 2. The summed E-state index contributed by atoms with van der Waals surface area (Å²) >= 11 is 1.83. The lowest BCUT2D eigenvalue weighted by molar-refractivity contribution is -0.115. The third kappa shape index (κ3) is 5.80. The molecule has 1 atom stereocenters. The van der Waals surface area contributed by atoms with Gasteiger partial charge in [0.25, 0.3) is 5.91 Å². The maximum atomic E-state index is 14.1. The molecule has 3 heterocycles. The molecule has 0 saturated carbocycles. The van der Waals surface area contributed by atoms with Gasteiger partial charge in [-0.1, -0.05) is 18.6 Å². The van der Waals surface area contributed by atoms with E-state index in [4.69, 9.17) is 0 Å². The number of aryl methyl sites for hydroxylation is 1. The number of nitrogens with zero attached hydrogens (tertiary/aromatic N) is 2. The van der Waals surface area contributed by atoms with Gasteiger partial charge in [0.2, 0.25) is 0 Å². The summed E-state index contributed by atoms with van der Waals surface area (Å²) in [5, 5.41) is 0. The van der Waals surface area contributed by atoms with Crippen molar-refractivity contribution >= 4 is 23.0 Å². The number of amides is 1. The van der Waals surface area contributed by atoms with Crippen LogP contribution in [0.2, 0.25) is 0 Å². The van der Waals surface area contributed by atoms with Gasteiger partial charge in [-0.3, -0.25) is 9.59 Å². The second kappa shape index (κ2) is 10.3. The highest BCUT2D eigenvalue weighted by molar-refractivity contribution is 7.12. The van der Waals surface area contributed by atoms with Crippen molar-refractivity contribution in [2.75, 3.05) is 32.7 Å². The monoisotopic (exact) mass is 500 g/mol. The van der Waals surface area contributed by atoms with Crippen LogP contribution >= 0.6 is 11.3 Å². The van der Waals surface area contributed by atoms with Crippen molar-refractivity contribution in [3.63, 3.8) is 0 Å². The molecular weight excluding hydrogens is 459 g/mol. The van der Waals surface area contributed by atoms with Crippen LogP contribution < -0.4 is 0 Å². The van der Waals surface area contributed by atoms with Crippen molar-refractivity contribution in [2.24, 2.45) is 5.92 Å². The van der Waals surface area contributed by atoms with Gasteiger partial charge in [0.15, 0.2) is 5.78 Å². The molecule has 4 rings (SSSR count). The fourth-order valence-corrected chi connectivity index (χ4v) is 7.66. The summed E-state index contributed by atoms with van der Waals surface area (Å²) in [5.74, 6) is 1.19. The Balaban J connectivity index is 1.50. The third-order valence-corrected chi connectivity index (χ3v) is 9.56. The molecule has 4 nitrogen and oxygen atoms in total. The number of fused-ring (bicyclic) bond motifs is 1. The smallest absolute Gasteiger partial charge is 0.255 e. The highest BCUT2D eigenvalue weighted by atomic mass is 32.1. The van der Waals surface area contributed by atoms with E-state index in [1.807, 2.05) is 30.1 Å². The van der Waals surface area contributed by atoms with Gasteiger partial charge in [-0.05, 0) is 96.4 Å². The number of carbonyl (C=O) groups excluding carboxylic acids is 2. The Bertz CT molecular complexity index is 1050. The molecule has 1 aromatic rings. The Morgan fingerprint density at radius 3 is 2.46 bits per heavy atom. The molecule has 0 spiro atoms. The van der Waals surface area contributed by atoms with Gasteiger partial charge in [-0.15, -0.1) is 11.3 Å². The van der Waals surface area contributed by atoms with Crippen LogP contribution in [0.15, 0.2) is 22.8 Å². The zero-order valence-corrected chi connectivity index (χ0v) is 23.1.